The lowest BCUT2D eigenvalue weighted by Gasteiger charge is -2.18. The van der Waals surface area contributed by atoms with Crippen LogP contribution in [0.15, 0.2) is 189 Å². The van der Waals surface area contributed by atoms with Crippen LogP contribution in [0.1, 0.15) is 88.2 Å². The van der Waals surface area contributed by atoms with E-state index < -0.39 is 6.85 Å². The van der Waals surface area contributed by atoms with E-state index in [1.54, 1.807) is 6.07 Å². The molecule has 0 atom stereocenters. The van der Waals surface area contributed by atoms with Gasteiger partial charge in [0.2, 0.25) is 11.2 Å². The van der Waals surface area contributed by atoms with Crippen LogP contribution in [0.3, 0.4) is 0 Å². The molecule has 7 nitrogen and oxygen atoms in total. The molecule has 0 N–H and O–H groups in total. The maximum absolute atomic E-state index is 7.78. The van der Waals surface area contributed by atoms with Gasteiger partial charge < -0.3 is 0 Å². The van der Waals surface area contributed by atoms with Crippen molar-refractivity contribution in [3.8, 4) is 51.1 Å². The molecular formula is C70H81N7+4. The Balaban J connectivity index is 0.000000143. The zero-order valence-electron chi connectivity index (χ0n) is 51.2. The first-order valence-electron chi connectivity index (χ1n) is 28.4. The normalized spacial score (nSPS) is 11.8. The van der Waals surface area contributed by atoms with Gasteiger partial charge in [-0.2, -0.15) is 9.13 Å². The topological polar surface area (TPSA) is 30.3 Å². The van der Waals surface area contributed by atoms with Crippen molar-refractivity contribution in [3.05, 3.63) is 233 Å². The Morgan fingerprint density at radius 2 is 0.961 bits per heavy atom. The van der Waals surface area contributed by atoms with E-state index in [0.717, 1.165) is 27.9 Å². The predicted molar refractivity (Wildman–Crippen MR) is 321 cm³/mol. The molecule has 7 aromatic carbocycles. The van der Waals surface area contributed by atoms with Crippen molar-refractivity contribution in [2.24, 2.45) is 42.3 Å². The number of nitrogens with zero attached hydrogens (tertiary/aromatic N) is 7. The van der Waals surface area contributed by atoms with Crippen molar-refractivity contribution in [2.75, 3.05) is 0 Å². The number of aromatic nitrogens is 7. The van der Waals surface area contributed by atoms with E-state index in [4.69, 9.17) is 4.11 Å². The summed E-state index contributed by atoms with van der Waals surface area (Å²) in [4.78, 5) is 0. The number of para-hydroxylation sites is 4. The molecule has 0 saturated carbocycles. The van der Waals surface area contributed by atoms with Gasteiger partial charge in [-0.05, 0) is 130 Å². The molecule has 11 rings (SSSR count). The minimum atomic E-state index is -2.10. The molecule has 0 fully saturated rings. The fourth-order valence-electron chi connectivity index (χ4n) is 10.8. The standard InChI is InChI=1S/C23H29N2.C19H20N.C16H17N2.C12H15N2/c1-16(2)19-12-9-13-20(17(3)4)22(19)25-15-14-24(6)23(25)21-11-8-7-10-18(21)5;1-13-11-14(2)15(3)17(12-13)19-10-9-16-7-5-6-8-18(16)20(19)4;1-12-8-4-5-9-13(12)16-17(2)14-10-6-7-11-15(14)18(16)3;1-10-6-4-5-7-11(10)12-13(2)8-9-14(12)3/h7-17H,1-6H3;5-12H,1-4H3;4-11H,1-3H3;4-9H,1-3H3/q4*+1/i;2D3;;. The van der Waals surface area contributed by atoms with Crippen LogP contribution in [0.4, 0.5) is 0 Å². The van der Waals surface area contributed by atoms with Gasteiger partial charge in [-0.3, -0.25) is 0 Å². The Labute approximate surface area is 463 Å². The van der Waals surface area contributed by atoms with Gasteiger partial charge >= 0.3 is 0 Å². The van der Waals surface area contributed by atoms with Crippen molar-refractivity contribution < 1.29 is 22.4 Å². The zero-order valence-corrected chi connectivity index (χ0v) is 48.2. The highest BCUT2D eigenvalue weighted by Gasteiger charge is 2.27. The highest BCUT2D eigenvalue weighted by atomic mass is 15.2. The zero-order chi connectivity index (χ0) is 57.7. The van der Waals surface area contributed by atoms with E-state index in [0.29, 0.717) is 17.4 Å². The molecule has 0 unspecified atom stereocenters. The molecule has 4 aromatic heterocycles. The van der Waals surface area contributed by atoms with Crippen LogP contribution in [0.25, 0.3) is 73.0 Å². The second-order valence-electron chi connectivity index (χ2n) is 21.2. The molecule has 0 aliphatic rings. The van der Waals surface area contributed by atoms with Crippen LogP contribution >= 0.6 is 0 Å². The summed E-state index contributed by atoms with van der Waals surface area (Å²) in [5.41, 5.74) is 19.8. The fraction of sp³-hybridized carbons (Fsp3) is 0.257. The van der Waals surface area contributed by atoms with Gasteiger partial charge in [0, 0.05) is 38.3 Å². The van der Waals surface area contributed by atoms with E-state index >= 15 is 0 Å². The number of benzene rings is 7. The molecule has 7 heteroatoms. The number of rotatable bonds is 7. The number of hydrogen-bond acceptors (Lipinski definition) is 0. The molecule has 77 heavy (non-hydrogen) atoms. The number of aryl methyl sites for hydroxylation is 11. The summed E-state index contributed by atoms with van der Waals surface area (Å²) >= 11 is 0. The monoisotopic (exact) mass is 1020 g/mol. The molecule has 392 valence electrons. The largest absolute Gasteiger partial charge is 0.294 e. The quantitative estimate of drug-likeness (QED) is 0.142. The molecule has 0 aliphatic carbocycles. The highest BCUT2D eigenvalue weighted by Crippen LogP contribution is 2.34. The van der Waals surface area contributed by atoms with Crippen molar-refractivity contribution in [3.63, 3.8) is 0 Å². The Bertz CT molecular complexity index is 3890. The van der Waals surface area contributed by atoms with Crippen LogP contribution in [-0.4, -0.2) is 13.7 Å². The van der Waals surface area contributed by atoms with Gasteiger partial charge in [-0.15, -0.1) is 0 Å². The van der Waals surface area contributed by atoms with Crippen LogP contribution in [0.5, 0.6) is 0 Å². The molecule has 4 heterocycles. The van der Waals surface area contributed by atoms with Gasteiger partial charge in [0.05, 0.1) is 51.9 Å². The lowest BCUT2D eigenvalue weighted by Crippen LogP contribution is -2.32. The van der Waals surface area contributed by atoms with Crippen LogP contribution in [0, 0.1) is 41.5 Å². The first-order chi connectivity index (χ1) is 38.1. The SMILES string of the molecule is Cc1ccccc1-c1n(-c2c(C(C)C)cccc2C(C)C)cc[n+]1C.Cc1ccccc1-c1n(C)c2ccccc2[n+]1C.Cc1ccccc1-c1n(C)cc[n+]1C.[2H]C([2H])([2H])c1cc(C)cc(-c2ccc3ccccc3[n+]2C)c1C. The molecule has 0 amide bonds. The maximum Gasteiger partial charge on any atom is 0.294 e. The molecular weight excluding hydrogens is 939 g/mol. The van der Waals surface area contributed by atoms with Gasteiger partial charge in [-0.25, -0.2) is 22.8 Å². The van der Waals surface area contributed by atoms with E-state index in [2.05, 4.69) is 286 Å². The third-order valence-corrected chi connectivity index (χ3v) is 15.1. The minimum Gasteiger partial charge on any atom is -0.233 e. The predicted octanol–water partition coefficient (Wildman–Crippen LogP) is 14.6. The summed E-state index contributed by atoms with van der Waals surface area (Å²) in [6, 6.07) is 57.0. The molecule has 0 aliphatic heterocycles. The number of imidazole rings is 3. The Morgan fingerprint density at radius 3 is 1.51 bits per heavy atom. The van der Waals surface area contributed by atoms with Gasteiger partial charge in [0.25, 0.3) is 17.5 Å². The molecule has 11 aromatic rings. The number of hydrogen-bond donors (Lipinski definition) is 0. The summed E-state index contributed by atoms with van der Waals surface area (Å²) in [7, 11) is 12.6. The molecule has 0 saturated heterocycles. The van der Waals surface area contributed by atoms with E-state index in [9.17, 15) is 0 Å². The first-order valence-corrected chi connectivity index (χ1v) is 26.9. The third-order valence-electron chi connectivity index (χ3n) is 15.1. The van der Waals surface area contributed by atoms with E-state index in [1.807, 2.05) is 33.0 Å². The molecule has 0 spiro atoms. The molecule has 0 bridgehead atoms. The van der Waals surface area contributed by atoms with Crippen molar-refractivity contribution in [2.45, 2.75) is 81.0 Å². The average Bonchev–Trinajstić information content (AvgIpc) is 4.07. The highest BCUT2D eigenvalue weighted by molar-refractivity contribution is 5.79. The van der Waals surface area contributed by atoms with Crippen LogP contribution in [-0.2, 0) is 42.3 Å². The van der Waals surface area contributed by atoms with E-state index in [1.165, 1.54) is 84.1 Å². The second kappa shape index (κ2) is 23.8. The van der Waals surface area contributed by atoms with Crippen molar-refractivity contribution in [1.82, 2.24) is 13.7 Å². The summed E-state index contributed by atoms with van der Waals surface area (Å²) in [6.07, 6.45) is 8.50. The number of pyridine rings is 1. The summed E-state index contributed by atoms with van der Waals surface area (Å²) < 4.78 is 38.9. The first kappa shape index (κ1) is 51.0. The smallest absolute Gasteiger partial charge is 0.233 e. The Morgan fingerprint density at radius 1 is 0.455 bits per heavy atom. The lowest BCUT2D eigenvalue weighted by molar-refractivity contribution is -0.659. The Hall–Kier alpha value is -8.16. The maximum atomic E-state index is 7.78. The lowest BCUT2D eigenvalue weighted by atomic mass is 9.92. The van der Waals surface area contributed by atoms with Crippen molar-refractivity contribution in [1.29, 1.82) is 0 Å². The summed E-state index contributed by atoms with van der Waals surface area (Å²) in [6.45, 7) is 17.3. The summed E-state index contributed by atoms with van der Waals surface area (Å²) in [5.74, 6) is 4.67. The average molecular weight is 1020 g/mol. The van der Waals surface area contributed by atoms with Gasteiger partial charge in [0.15, 0.2) is 11.0 Å². The van der Waals surface area contributed by atoms with Crippen molar-refractivity contribution >= 4 is 21.9 Å². The second-order valence-corrected chi connectivity index (χ2v) is 21.2. The van der Waals surface area contributed by atoms with Gasteiger partial charge in [-0.1, -0.05) is 136 Å². The molecule has 0 radical (unpaired) electrons. The fourth-order valence-corrected chi connectivity index (χ4v) is 10.8. The van der Waals surface area contributed by atoms with Crippen LogP contribution in [0.2, 0.25) is 0 Å². The Kier molecular flexibility index (Phi) is 15.8. The van der Waals surface area contributed by atoms with Gasteiger partial charge in [0.1, 0.15) is 37.5 Å². The van der Waals surface area contributed by atoms with Crippen LogP contribution < -0.4 is 18.3 Å². The third kappa shape index (κ3) is 11.5. The minimum absolute atomic E-state index is 0.431. The summed E-state index contributed by atoms with van der Waals surface area (Å²) in [5, 5.41) is 1.17. The number of fused-ring (bicyclic) bond motifs is 2. The van der Waals surface area contributed by atoms with E-state index in [-0.39, 0.29) is 0 Å².